The number of nitro benzene ring substituents is 1. The SMILES string of the molecule is CC(N)CCNS(=O)(=O)c1ccc([N+](=O)[O-])c(Br)c1. The van der Waals surface area contributed by atoms with Crippen molar-refractivity contribution in [3.63, 3.8) is 0 Å². The second-order valence-electron chi connectivity index (χ2n) is 4.03. The molecule has 0 bridgehead atoms. The molecule has 0 aliphatic heterocycles. The van der Waals surface area contributed by atoms with Crippen molar-refractivity contribution in [2.24, 2.45) is 5.73 Å². The largest absolute Gasteiger partial charge is 0.328 e. The summed E-state index contributed by atoms with van der Waals surface area (Å²) in [5.41, 5.74) is 5.33. The van der Waals surface area contributed by atoms with Gasteiger partial charge in [0.1, 0.15) is 0 Å². The number of nitrogens with zero attached hydrogens (tertiary/aromatic N) is 1. The minimum Gasteiger partial charge on any atom is -0.328 e. The lowest BCUT2D eigenvalue weighted by atomic mass is 10.3. The molecule has 0 aliphatic carbocycles. The Labute approximate surface area is 119 Å². The van der Waals surface area contributed by atoms with Crippen molar-refractivity contribution in [3.8, 4) is 0 Å². The highest BCUT2D eigenvalue weighted by molar-refractivity contribution is 9.10. The van der Waals surface area contributed by atoms with E-state index in [0.717, 1.165) is 6.07 Å². The molecule has 1 atom stereocenters. The van der Waals surface area contributed by atoms with Crippen LogP contribution < -0.4 is 10.5 Å². The summed E-state index contributed by atoms with van der Waals surface area (Å²) in [4.78, 5) is 10.0. The standard InChI is InChI=1S/C10H14BrN3O4S/c1-7(12)4-5-13-19(17,18)8-2-3-10(14(15)16)9(11)6-8/h2-3,6-7,13H,4-5,12H2,1H3. The predicted octanol–water partition coefficient (Wildman–Crippen LogP) is 1.37. The van der Waals surface area contributed by atoms with E-state index in [2.05, 4.69) is 20.7 Å². The van der Waals surface area contributed by atoms with Crippen LogP contribution in [0.3, 0.4) is 0 Å². The Hall–Kier alpha value is -1.03. The van der Waals surface area contributed by atoms with Gasteiger partial charge in [-0.05, 0) is 41.4 Å². The van der Waals surface area contributed by atoms with Gasteiger partial charge >= 0.3 is 0 Å². The van der Waals surface area contributed by atoms with E-state index in [1.54, 1.807) is 6.92 Å². The van der Waals surface area contributed by atoms with Gasteiger partial charge in [-0.1, -0.05) is 0 Å². The van der Waals surface area contributed by atoms with E-state index in [4.69, 9.17) is 5.73 Å². The van der Waals surface area contributed by atoms with Gasteiger partial charge in [-0.2, -0.15) is 0 Å². The van der Waals surface area contributed by atoms with Crippen LogP contribution in [-0.2, 0) is 10.0 Å². The zero-order chi connectivity index (χ0) is 14.6. The molecule has 0 spiro atoms. The summed E-state index contributed by atoms with van der Waals surface area (Å²) >= 11 is 2.98. The van der Waals surface area contributed by atoms with Crippen LogP contribution in [0.5, 0.6) is 0 Å². The van der Waals surface area contributed by atoms with E-state index >= 15 is 0 Å². The summed E-state index contributed by atoms with van der Waals surface area (Å²) in [6, 6.07) is 3.43. The number of hydrogen-bond donors (Lipinski definition) is 2. The maximum absolute atomic E-state index is 11.9. The minimum absolute atomic E-state index is 0.0327. The molecule has 0 fully saturated rings. The summed E-state index contributed by atoms with van der Waals surface area (Å²) in [5, 5.41) is 10.6. The van der Waals surface area contributed by atoms with Crippen LogP contribution in [0.2, 0.25) is 0 Å². The average molecular weight is 352 g/mol. The lowest BCUT2D eigenvalue weighted by molar-refractivity contribution is -0.385. The smallest absolute Gasteiger partial charge is 0.283 e. The molecule has 0 saturated carbocycles. The summed E-state index contributed by atoms with van der Waals surface area (Å²) in [6.07, 6.45) is 0.507. The van der Waals surface area contributed by atoms with Crippen LogP contribution in [0.4, 0.5) is 5.69 Å². The molecular formula is C10H14BrN3O4S. The minimum atomic E-state index is -3.68. The number of nitro groups is 1. The van der Waals surface area contributed by atoms with Gasteiger partial charge in [-0.15, -0.1) is 0 Å². The first-order chi connectivity index (χ1) is 8.74. The molecule has 0 radical (unpaired) electrons. The molecule has 9 heteroatoms. The Morgan fingerprint density at radius 1 is 1.53 bits per heavy atom. The Bertz CT molecular complexity index is 574. The van der Waals surface area contributed by atoms with Gasteiger partial charge in [-0.3, -0.25) is 10.1 Å². The number of nitrogens with two attached hydrogens (primary N) is 1. The van der Waals surface area contributed by atoms with Gasteiger partial charge in [0.05, 0.1) is 14.3 Å². The molecule has 7 nitrogen and oxygen atoms in total. The van der Waals surface area contributed by atoms with Crippen molar-refractivity contribution in [1.82, 2.24) is 4.72 Å². The van der Waals surface area contributed by atoms with E-state index in [9.17, 15) is 18.5 Å². The fraction of sp³-hybridized carbons (Fsp3) is 0.400. The third-order valence-corrected chi connectivity index (χ3v) is 4.41. The van der Waals surface area contributed by atoms with Crippen LogP contribution in [-0.4, -0.2) is 25.9 Å². The second-order valence-corrected chi connectivity index (χ2v) is 6.66. The van der Waals surface area contributed by atoms with Gasteiger partial charge in [0, 0.05) is 18.7 Å². The van der Waals surface area contributed by atoms with E-state index in [-0.39, 0.29) is 27.6 Å². The first-order valence-electron chi connectivity index (χ1n) is 5.43. The summed E-state index contributed by atoms with van der Waals surface area (Å²) in [6.45, 7) is 1.99. The maximum Gasteiger partial charge on any atom is 0.283 e. The quantitative estimate of drug-likeness (QED) is 0.593. The molecule has 1 rings (SSSR count). The van der Waals surface area contributed by atoms with Crippen molar-refractivity contribution < 1.29 is 13.3 Å². The topological polar surface area (TPSA) is 115 Å². The number of rotatable bonds is 6. The Morgan fingerprint density at radius 2 is 2.16 bits per heavy atom. The number of halogens is 1. The van der Waals surface area contributed by atoms with Crippen LogP contribution >= 0.6 is 15.9 Å². The van der Waals surface area contributed by atoms with Crippen molar-refractivity contribution in [2.45, 2.75) is 24.3 Å². The van der Waals surface area contributed by atoms with E-state index in [1.165, 1.54) is 12.1 Å². The summed E-state index contributed by atoms with van der Waals surface area (Å²) in [5.74, 6) is 0. The predicted molar refractivity (Wildman–Crippen MR) is 74.3 cm³/mol. The molecule has 3 N–H and O–H groups in total. The highest BCUT2D eigenvalue weighted by Gasteiger charge is 2.18. The molecule has 0 amide bonds. The number of sulfonamides is 1. The third-order valence-electron chi connectivity index (χ3n) is 2.32. The van der Waals surface area contributed by atoms with Gasteiger partial charge in [-0.25, -0.2) is 13.1 Å². The molecule has 0 heterocycles. The molecule has 1 aromatic carbocycles. The zero-order valence-corrected chi connectivity index (χ0v) is 12.6. The van der Waals surface area contributed by atoms with Crippen LogP contribution in [0.15, 0.2) is 27.6 Å². The molecule has 19 heavy (non-hydrogen) atoms. The van der Waals surface area contributed by atoms with Gasteiger partial charge in [0.25, 0.3) is 5.69 Å². The van der Waals surface area contributed by atoms with E-state index in [1.807, 2.05) is 0 Å². The van der Waals surface area contributed by atoms with Crippen LogP contribution in [0.1, 0.15) is 13.3 Å². The lowest BCUT2D eigenvalue weighted by Gasteiger charge is -2.08. The maximum atomic E-state index is 11.9. The molecule has 1 unspecified atom stereocenters. The average Bonchev–Trinajstić information content (AvgIpc) is 2.27. The van der Waals surface area contributed by atoms with Crippen molar-refractivity contribution in [1.29, 1.82) is 0 Å². The number of benzene rings is 1. The first-order valence-corrected chi connectivity index (χ1v) is 7.71. The highest BCUT2D eigenvalue weighted by Crippen LogP contribution is 2.27. The lowest BCUT2D eigenvalue weighted by Crippen LogP contribution is -2.29. The molecular weight excluding hydrogens is 338 g/mol. The van der Waals surface area contributed by atoms with Crippen molar-refractivity contribution in [3.05, 3.63) is 32.8 Å². The molecule has 1 aromatic rings. The van der Waals surface area contributed by atoms with Gasteiger partial charge in [0.2, 0.25) is 10.0 Å². The third kappa shape index (κ3) is 4.53. The Balaban J connectivity index is 2.90. The van der Waals surface area contributed by atoms with E-state index < -0.39 is 14.9 Å². The van der Waals surface area contributed by atoms with Gasteiger partial charge in [0.15, 0.2) is 0 Å². The Kier molecular flexibility index (Phi) is 5.41. The Morgan fingerprint density at radius 3 is 2.63 bits per heavy atom. The van der Waals surface area contributed by atoms with Crippen molar-refractivity contribution in [2.75, 3.05) is 6.54 Å². The fourth-order valence-electron chi connectivity index (χ4n) is 1.31. The number of hydrogen-bond acceptors (Lipinski definition) is 5. The van der Waals surface area contributed by atoms with E-state index in [0.29, 0.717) is 6.42 Å². The first kappa shape index (κ1) is 16.0. The molecule has 106 valence electrons. The second kappa shape index (κ2) is 6.42. The summed E-state index contributed by atoms with van der Waals surface area (Å²) in [7, 11) is -3.68. The highest BCUT2D eigenvalue weighted by atomic mass is 79.9. The normalized spacial score (nSPS) is 13.2. The number of nitrogens with one attached hydrogen (secondary N) is 1. The zero-order valence-electron chi connectivity index (χ0n) is 10.2. The molecule has 0 saturated heterocycles. The van der Waals surface area contributed by atoms with Gasteiger partial charge < -0.3 is 5.73 Å². The fourth-order valence-corrected chi connectivity index (χ4v) is 3.06. The monoisotopic (exact) mass is 351 g/mol. The molecule has 0 aliphatic rings. The molecule has 0 aromatic heterocycles. The van der Waals surface area contributed by atoms with Crippen LogP contribution in [0.25, 0.3) is 0 Å². The summed E-state index contributed by atoms with van der Waals surface area (Å²) < 4.78 is 26.3. The van der Waals surface area contributed by atoms with Crippen molar-refractivity contribution >= 4 is 31.6 Å². The van der Waals surface area contributed by atoms with Crippen LogP contribution in [0, 0.1) is 10.1 Å².